The van der Waals surface area contributed by atoms with Gasteiger partial charge in [-0.15, -0.1) is 0 Å². The molecular formula is C30H29FN2O5. The third-order valence-electron chi connectivity index (χ3n) is 5.86. The summed E-state index contributed by atoms with van der Waals surface area (Å²) in [6.07, 6.45) is 3.72. The van der Waals surface area contributed by atoms with Crippen LogP contribution in [-0.4, -0.2) is 28.7 Å². The number of alkyl carbamates (subject to hydrolysis) is 1. The van der Waals surface area contributed by atoms with Crippen LogP contribution in [0.5, 0.6) is 0 Å². The number of carboxylic acid groups (broad SMARTS) is 1. The van der Waals surface area contributed by atoms with Crippen molar-refractivity contribution >= 4 is 29.7 Å². The molecule has 3 aromatic rings. The number of fused-ring (bicyclic) bond motifs is 1. The molecule has 0 fully saturated rings. The first-order valence-corrected chi connectivity index (χ1v) is 12.2. The molecule has 196 valence electrons. The van der Waals surface area contributed by atoms with Gasteiger partial charge in [0.25, 0.3) is 5.91 Å². The van der Waals surface area contributed by atoms with Crippen LogP contribution in [0.15, 0.2) is 60.7 Å². The summed E-state index contributed by atoms with van der Waals surface area (Å²) in [6, 6.07) is 14.7. The number of amides is 2. The van der Waals surface area contributed by atoms with Gasteiger partial charge in [-0.05, 0) is 97.0 Å². The van der Waals surface area contributed by atoms with Crippen molar-refractivity contribution in [3.8, 4) is 11.1 Å². The Morgan fingerprint density at radius 3 is 2.55 bits per heavy atom. The molecule has 4 rings (SSSR count). The molecule has 0 spiro atoms. The standard InChI is InChI=1S/C30H29FN2O5/c1-30(2,3)38-29(37)32-17-18-11-21(14-23(31)12-18)25-15-22(13-19-8-6-9-24(19)25)28(36)33-26-10-5-4-7-20(26)16-27(34)35/h4-7,9-15H,8,16-17H2,1-3H3,(H,32,37)(H,33,36)(H,34,35). The van der Waals surface area contributed by atoms with Crippen LogP contribution in [0.3, 0.4) is 0 Å². The monoisotopic (exact) mass is 516 g/mol. The zero-order valence-corrected chi connectivity index (χ0v) is 21.4. The molecule has 0 radical (unpaired) electrons. The molecule has 3 aromatic carbocycles. The molecule has 0 saturated carbocycles. The van der Waals surface area contributed by atoms with Crippen LogP contribution >= 0.6 is 0 Å². The highest BCUT2D eigenvalue weighted by Gasteiger charge is 2.20. The van der Waals surface area contributed by atoms with Crippen LogP contribution in [0.4, 0.5) is 14.9 Å². The Morgan fingerprint density at radius 2 is 1.82 bits per heavy atom. The van der Waals surface area contributed by atoms with E-state index >= 15 is 0 Å². The molecule has 1 aliphatic rings. The second-order valence-corrected chi connectivity index (χ2v) is 10.1. The maximum Gasteiger partial charge on any atom is 0.407 e. The maximum absolute atomic E-state index is 14.7. The third kappa shape index (κ3) is 6.64. The highest BCUT2D eigenvalue weighted by Crippen LogP contribution is 2.34. The van der Waals surface area contributed by atoms with Gasteiger partial charge >= 0.3 is 12.1 Å². The van der Waals surface area contributed by atoms with Crippen molar-refractivity contribution in [1.29, 1.82) is 0 Å². The molecule has 0 heterocycles. The number of para-hydroxylation sites is 1. The Bertz CT molecular complexity index is 1440. The van der Waals surface area contributed by atoms with Gasteiger partial charge < -0.3 is 20.5 Å². The van der Waals surface area contributed by atoms with E-state index in [9.17, 15) is 23.9 Å². The first kappa shape index (κ1) is 26.6. The van der Waals surface area contributed by atoms with Gasteiger partial charge in [0.15, 0.2) is 0 Å². The number of hydrogen-bond donors (Lipinski definition) is 3. The van der Waals surface area contributed by atoms with E-state index in [-0.39, 0.29) is 13.0 Å². The highest BCUT2D eigenvalue weighted by molar-refractivity contribution is 6.06. The van der Waals surface area contributed by atoms with Gasteiger partial charge in [-0.3, -0.25) is 9.59 Å². The number of carboxylic acids is 1. The van der Waals surface area contributed by atoms with Crippen molar-refractivity contribution in [3.63, 3.8) is 0 Å². The molecular weight excluding hydrogens is 487 g/mol. The number of ether oxygens (including phenoxy) is 1. The normalized spacial score (nSPS) is 12.1. The van der Waals surface area contributed by atoms with Crippen LogP contribution in [0.25, 0.3) is 17.2 Å². The molecule has 0 saturated heterocycles. The average molecular weight is 517 g/mol. The lowest BCUT2D eigenvalue weighted by atomic mass is 9.93. The summed E-state index contributed by atoms with van der Waals surface area (Å²) in [5.74, 6) is -1.88. The summed E-state index contributed by atoms with van der Waals surface area (Å²) in [6.45, 7) is 5.34. The van der Waals surface area contributed by atoms with Crippen molar-refractivity contribution in [3.05, 3.63) is 94.3 Å². The van der Waals surface area contributed by atoms with E-state index in [0.29, 0.717) is 39.9 Å². The fraction of sp³-hybridized carbons (Fsp3) is 0.233. The van der Waals surface area contributed by atoms with Crippen molar-refractivity contribution in [2.45, 2.75) is 45.8 Å². The van der Waals surface area contributed by atoms with Crippen molar-refractivity contribution in [2.24, 2.45) is 0 Å². The average Bonchev–Trinajstić information content (AvgIpc) is 3.30. The molecule has 1 aliphatic carbocycles. The van der Waals surface area contributed by atoms with Crippen LogP contribution in [-0.2, 0) is 28.9 Å². The Labute approximate surface area is 220 Å². The Balaban J connectivity index is 1.63. The summed E-state index contributed by atoms with van der Waals surface area (Å²) >= 11 is 0. The van der Waals surface area contributed by atoms with Crippen LogP contribution in [0, 0.1) is 5.82 Å². The lowest BCUT2D eigenvalue weighted by molar-refractivity contribution is -0.136. The van der Waals surface area contributed by atoms with E-state index < -0.39 is 29.4 Å². The molecule has 0 atom stereocenters. The summed E-state index contributed by atoms with van der Waals surface area (Å²) in [4.78, 5) is 36.5. The predicted octanol–water partition coefficient (Wildman–Crippen LogP) is 5.97. The van der Waals surface area contributed by atoms with Crippen LogP contribution in [0.1, 0.15) is 53.4 Å². The molecule has 8 heteroatoms. The van der Waals surface area contributed by atoms with Gasteiger partial charge in [0.2, 0.25) is 0 Å². The van der Waals surface area contributed by atoms with Crippen molar-refractivity contribution in [1.82, 2.24) is 5.32 Å². The summed E-state index contributed by atoms with van der Waals surface area (Å²) < 4.78 is 19.9. The fourth-order valence-corrected chi connectivity index (χ4v) is 4.30. The summed E-state index contributed by atoms with van der Waals surface area (Å²) in [5.41, 5.74) is 4.22. The Morgan fingerprint density at radius 1 is 1.05 bits per heavy atom. The molecule has 0 aliphatic heterocycles. The predicted molar refractivity (Wildman–Crippen MR) is 143 cm³/mol. The Kier molecular flexibility index (Phi) is 7.62. The summed E-state index contributed by atoms with van der Waals surface area (Å²) in [7, 11) is 0. The first-order chi connectivity index (χ1) is 18.0. The fourth-order valence-electron chi connectivity index (χ4n) is 4.30. The zero-order chi connectivity index (χ0) is 27.4. The molecule has 0 bridgehead atoms. The molecule has 2 amide bonds. The van der Waals surface area contributed by atoms with Crippen molar-refractivity contribution < 1.29 is 28.6 Å². The van der Waals surface area contributed by atoms with Gasteiger partial charge in [0.05, 0.1) is 6.42 Å². The van der Waals surface area contributed by atoms with E-state index in [1.54, 1.807) is 63.2 Å². The number of nitrogens with one attached hydrogen (secondary N) is 2. The lowest BCUT2D eigenvalue weighted by Crippen LogP contribution is -2.32. The second-order valence-electron chi connectivity index (χ2n) is 10.1. The van der Waals surface area contributed by atoms with Crippen LogP contribution < -0.4 is 10.6 Å². The van der Waals surface area contributed by atoms with E-state index in [4.69, 9.17) is 4.74 Å². The van der Waals surface area contributed by atoms with Crippen molar-refractivity contribution in [2.75, 3.05) is 5.32 Å². The molecule has 38 heavy (non-hydrogen) atoms. The van der Waals surface area contributed by atoms with Gasteiger partial charge in [0.1, 0.15) is 11.4 Å². The van der Waals surface area contributed by atoms with Gasteiger partial charge in [-0.1, -0.05) is 30.4 Å². The molecule has 3 N–H and O–H groups in total. The summed E-state index contributed by atoms with van der Waals surface area (Å²) in [5, 5.41) is 14.7. The van der Waals surface area contributed by atoms with Gasteiger partial charge in [-0.2, -0.15) is 0 Å². The SMILES string of the molecule is CC(C)(C)OC(=O)NCc1cc(F)cc(-c2cc(C(=O)Nc3ccccc3CC(=O)O)cc3c2C=CC3)c1. The largest absolute Gasteiger partial charge is 0.481 e. The number of carbonyl (C=O) groups excluding carboxylic acids is 2. The topological polar surface area (TPSA) is 105 Å². The van der Waals surface area contributed by atoms with E-state index in [0.717, 1.165) is 11.1 Å². The van der Waals surface area contributed by atoms with E-state index in [1.807, 2.05) is 12.2 Å². The third-order valence-corrected chi connectivity index (χ3v) is 5.86. The number of hydrogen-bond acceptors (Lipinski definition) is 4. The maximum atomic E-state index is 14.7. The minimum atomic E-state index is -0.999. The number of benzene rings is 3. The number of aliphatic carboxylic acids is 1. The molecule has 0 unspecified atom stereocenters. The number of carbonyl (C=O) groups is 3. The first-order valence-electron chi connectivity index (χ1n) is 12.2. The Hall–Kier alpha value is -4.46. The number of halogens is 1. The minimum absolute atomic E-state index is 0.0677. The smallest absolute Gasteiger partial charge is 0.407 e. The van der Waals surface area contributed by atoms with E-state index in [1.165, 1.54) is 12.1 Å². The van der Waals surface area contributed by atoms with E-state index in [2.05, 4.69) is 10.6 Å². The molecule has 0 aromatic heterocycles. The second kappa shape index (κ2) is 10.9. The highest BCUT2D eigenvalue weighted by atomic mass is 19.1. The zero-order valence-electron chi connectivity index (χ0n) is 21.4. The quantitative estimate of drug-likeness (QED) is 0.359. The van der Waals surface area contributed by atoms with Gasteiger partial charge in [-0.25, -0.2) is 9.18 Å². The van der Waals surface area contributed by atoms with Gasteiger partial charge in [0, 0.05) is 17.8 Å². The minimum Gasteiger partial charge on any atom is -0.481 e. The number of allylic oxidation sites excluding steroid dienone is 1. The number of rotatable bonds is 7. The molecule has 7 nitrogen and oxygen atoms in total. The lowest BCUT2D eigenvalue weighted by Gasteiger charge is -2.20. The van der Waals surface area contributed by atoms with Crippen LogP contribution in [0.2, 0.25) is 0 Å². The number of anilines is 1.